The number of β-amino-alcohol motifs (C(OH)–C–C–N with tert-alkyl or cyclic N) is 1. The maximum Gasteiger partial charge on any atom is 0.322 e. The summed E-state index contributed by atoms with van der Waals surface area (Å²) in [6.07, 6.45) is -1.18. The van der Waals surface area contributed by atoms with Crippen molar-refractivity contribution in [2.45, 2.75) is 23.5 Å². The first-order valence-electron chi connectivity index (χ1n) is 6.06. The Morgan fingerprint density at radius 1 is 1.24 bits per heavy atom. The number of sulfonamides is 1. The second-order valence-electron chi connectivity index (χ2n) is 4.71. The fourth-order valence-electron chi connectivity index (χ4n) is 2.20. The molecule has 1 aliphatic heterocycles. The molecule has 8 nitrogen and oxygen atoms in total. The molecular weight excluding hydrogens is 300 g/mol. The van der Waals surface area contributed by atoms with Gasteiger partial charge in [-0.1, -0.05) is 0 Å². The third-order valence-corrected chi connectivity index (χ3v) is 5.15. The molecule has 0 aromatic heterocycles. The first-order chi connectivity index (χ1) is 9.73. The SMILES string of the molecule is NC(=O)c1ccc(S(=O)(=O)N2CC(O)CC2C(=O)O)cc1. The molecule has 0 radical (unpaired) electrons. The number of amides is 1. The fourth-order valence-corrected chi connectivity index (χ4v) is 3.83. The number of carbonyl (C=O) groups is 2. The molecule has 1 saturated heterocycles. The molecule has 0 bridgehead atoms. The van der Waals surface area contributed by atoms with Gasteiger partial charge >= 0.3 is 5.97 Å². The molecule has 1 aromatic carbocycles. The zero-order chi connectivity index (χ0) is 15.8. The lowest BCUT2D eigenvalue weighted by Crippen LogP contribution is -2.40. The van der Waals surface area contributed by atoms with Crippen molar-refractivity contribution in [3.05, 3.63) is 29.8 Å². The van der Waals surface area contributed by atoms with Crippen molar-refractivity contribution in [2.75, 3.05) is 6.54 Å². The Bertz CT molecular complexity index is 669. The van der Waals surface area contributed by atoms with Crippen molar-refractivity contribution in [1.82, 2.24) is 4.31 Å². The highest BCUT2D eigenvalue weighted by Gasteiger charge is 2.43. The number of carboxylic acids is 1. The van der Waals surface area contributed by atoms with Crippen LogP contribution in [0.1, 0.15) is 16.8 Å². The molecule has 9 heteroatoms. The average molecular weight is 314 g/mol. The van der Waals surface area contributed by atoms with Gasteiger partial charge in [-0.15, -0.1) is 0 Å². The lowest BCUT2D eigenvalue weighted by molar-refractivity contribution is -0.140. The molecule has 0 saturated carbocycles. The highest BCUT2D eigenvalue weighted by molar-refractivity contribution is 7.89. The van der Waals surface area contributed by atoms with E-state index in [0.717, 1.165) is 4.31 Å². The Morgan fingerprint density at radius 2 is 1.81 bits per heavy atom. The van der Waals surface area contributed by atoms with Crippen LogP contribution in [0.5, 0.6) is 0 Å². The topological polar surface area (TPSA) is 138 Å². The van der Waals surface area contributed by atoms with Gasteiger partial charge in [-0.2, -0.15) is 4.31 Å². The summed E-state index contributed by atoms with van der Waals surface area (Å²) >= 11 is 0. The van der Waals surface area contributed by atoms with Crippen LogP contribution in [0.3, 0.4) is 0 Å². The smallest absolute Gasteiger partial charge is 0.322 e. The number of carboxylic acid groups (broad SMARTS) is 1. The van der Waals surface area contributed by atoms with E-state index in [-0.39, 0.29) is 23.4 Å². The Kier molecular flexibility index (Phi) is 3.99. The third-order valence-electron chi connectivity index (χ3n) is 3.26. The van der Waals surface area contributed by atoms with Gasteiger partial charge in [0.25, 0.3) is 0 Å². The van der Waals surface area contributed by atoms with E-state index in [0.29, 0.717) is 0 Å². The predicted molar refractivity (Wildman–Crippen MR) is 70.9 cm³/mol. The Balaban J connectivity index is 2.37. The highest BCUT2D eigenvalue weighted by Crippen LogP contribution is 2.26. The molecule has 2 atom stereocenters. The van der Waals surface area contributed by atoms with E-state index < -0.39 is 34.0 Å². The minimum absolute atomic E-state index is 0.144. The number of carbonyl (C=O) groups excluding carboxylic acids is 1. The second kappa shape index (κ2) is 5.43. The molecule has 2 unspecified atom stereocenters. The van der Waals surface area contributed by atoms with Crippen LogP contribution in [-0.4, -0.2) is 53.5 Å². The number of nitrogens with two attached hydrogens (primary N) is 1. The zero-order valence-electron chi connectivity index (χ0n) is 10.8. The summed E-state index contributed by atoms with van der Waals surface area (Å²) in [6, 6.07) is 3.55. The van der Waals surface area contributed by atoms with E-state index in [1.807, 2.05) is 0 Å². The quantitative estimate of drug-likeness (QED) is 0.651. The fraction of sp³-hybridized carbons (Fsp3) is 0.333. The minimum Gasteiger partial charge on any atom is -0.480 e. The summed E-state index contributed by atoms with van der Waals surface area (Å²) in [4.78, 5) is 21.9. The number of rotatable bonds is 4. The number of hydrogen-bond donors (Lipinski definition) is 3. The summed E-state index contributed by atoms with van der Waals surface area (Å²) in [7, 11) is -4.07. The van der Waals surface area contributed by atoms with E-state index in [4.69, 9.17) is 10.8 Å². The number of nitrogens with zero attached hydrogens (tertiary/aromatic N) is 1. The van der Waals surface area contributed by atoms with Crippen LogP contribution >= 0.6 is 0 Å². The van der Waals surface area contributed by atoms with Gasteiger partial charge in [0.2, 0.25) is 15.9 Å². The van der Waals surface area contributed by atoms with Crippen LogP contribution < -0.4 is 5.73 Å². The van der Waals surface area contributed by atoms with Crippen molar-refractivity contribution in [3.8, 4) is 0 Å². The van der Waals surface area contributed by atoms with Crippen LogP contribution in [0.4, 0.5) is 0 Å². The molecular formula is C12H14N2O6S. The second-order valence-corrected chi connectivity index (χ2v) is 6.60. The molecule has 1 fully saturated rings. The van der Waals surface area contributed by atoms with Gasteiger partial charge in [0.05, 0.1) is 11.0 Å². The van der Waals surface area contributed by atoms with Crippen LogP contribution in [-0.2, 0) is 14.8 Å². The molecule has 1 aliphatic rings. The van der Waals surface area contributed by atoms with Gasteiger partial charge in [0, 0.05) is 18.5 Å². The predicted octanol–water partition coefficient (Wildman–Crippen LogP) is -1.01. The molecule has 0 aliphatic carbocycles. The van der Waals surface area contributed by atoms with Gasteiger partial charge < -0.3 is 15.9 Å². The van der Waals surface area contributed by atoms with Gasteiger partial charge in [0.15, 0.2) is 0 Å². The van der Waals surface area contributed by atoms with Crippen LogP contribution in [0.25, 0.3) is 0 Å². The van der Waals surface area contributed by atoms with Crippen molar-refractivity contribution < 1.29 is 28.2 Å². The van der Waals surface area contributed by atoms with Gasteiger partial charge in [-0.3, -0.25) is 9.59 Å². The van der Waals surface area contributed by atoms with Crippen LogP contribution in [0, 0.1) is 0 Å². The number of aliphatic hydroxyl groups excluding tert-OH is 1. The Hall–Kier alpha value is -1.97. The molecule has 2 rings (SSSR count). The zero-order valence-corrected chi connectivity index (χ0v) is 11.7. The third kappa shape index (κ3) is 2.89. The van der Waals surface area contributed by atoms with Gasteiger partial charge in [0.1, 0.15) is 6.04 Å². The molecule has 1 heterocycles. The monoisotopic (exact) mass is 314 g/mol. The number of aliphatic hydroxyl groups is 1. The average Bonchev–Trinajstić information content (AvgIpc) is 2.82. The largest absolute Gasteiger partial charge is 0.480 e. The maximum atomic E-state index is 12.4. The van der Waals surface area contributed by atoms with Crippen LogP contribution in [0.15, 0.2) is 29.2 Å². The number of benzene rings is 1. The van der Waals surface area contributed by atoms with E-state index in [1.165, 1.54) is 24.3 Å². The normalized spacial score (nSPS) is 23.1. The van der Waals surface area contributed by atoms with E-state index in [9.17, 15) is 23.1 Å². The van der Waals surface area contributed by atoms with Crippen molar-refractivity contribution >= 4 is 21.9 Å². The van der Waals surface area contributed by atoms with Crippen molar-refractivity contribution in [1.29, 1.82) is 0 Å². The van der Waals surface area contributed by atoms with E-state index in [2.05, 4.69) is 0 Å². The number of aliphatic carboxylic acids is 1. The van der Waals surface area contributed by atoms with Crippen molar-refractivity contribution in [2.24, 2.45) is 5.73 Å². The molecule has 1 aromatic rings. The van der Waals surface area contributed by atoms with E-state index >= 15 is 0 Å². The number of primary amides is 1. The van der Waals surface area contributed by atoms with Crippen molar-refractivity contribution in [3.63, 3.8) is 0 Å². The lowest BCUT2D eigenvalue weighted by atomic mass is 10.2. The molecule has 4 N–H and O–H groups in total. The molecule has 1 amide bonds. The van der Waals surface area contributed by atoms with E-state index in [1.54, 1.807) is 0 Å². The summed E-state index contributed by atoms with van der Waals surface area (Å²) in [5.74, 6) is -2.01. The van der Waals surface area contributed by atoms with Gasteiger partial charge in [-0.05, 0) is 24.3 Å². The number of hydrogen-bond acceptors (Lipinski definition) is 5. The minimum atomic E-state index is -4.07. The Morgan fingerprint density at radius 3 is 2.29 bits per heavy atom. The highest BCUT2D eigenvalue weighted by atomic mass is 32.2. The molecule has 0 spiro atoms. The first kappa shape index (κ1) is 15.4. The molecule has 21 heavy (non-hydrogen) atoms. The van der Waals surface area contributed by atoms with Gasteiger partial charge in [-0.25, -0.2) is 8.42 Å². The van der Waals surface area contributed by atoms with Crippen LogP contribution in [0.2, 0.25) is 0 Å². The maximum absolute atomic E-state index is 12.4. The summed E-state index contributed by atoms with van der Waals surface area (Å²) in [5.41, 5.74) is 5.21. The summed E-state index contributed by atoms with van der Waals surface area (Å²) < 4.78 is 25.6. The molecule has 114 valence electrons. The lowest BCUT2D eigenvalue weighted by Gasteiger charge is -2.20. The first-order valence-corrected chi connectivity index (χ1v) is 7.50. The summed E-state index contributed by atoms with van der Waals surface area (Å²) in [6.45, 7) is -0.281. The summed E-state index contributed by atoms with van der Waals surface area (Å²) in [5, 5.41) is 18.6. The Labute approximate surface area is 120 Å². The standard InChI is InChI=1S/C12H14N2O6S/c13-11(16)7-1-3-9(4-2-7)21(19,20)14-6-8(15)5-10(14)12(17)18/h1-4,8,10,15H,5-6H2,(H2,13,16)(H,17,18).